The molecule has 2 amide bonds. The molecule has 0 radical (unpaired) electrons. The van der Waals surface area contributed by atoms with Crippen LogP contribution in [0.3, 0.4) is 0 Å². The lowest BCUT2D eigenvalue weighted by atomic mass is 10.2. The van der Waals surface area contributed by atoms with Crippen molar-refractivity contribution in [3.8, 4) is 5.88 Å². The van der Waals surface area contributed by atoms with Crippen molar-refractivity contribution in [1.29, 1.82) is 0 Å². The minimum absolute atomic E-state index is 0.00262. The van der Waals surface area contributed by atoms with Gasteiger partial charge in [0.2, 0.25) is 5.88 Å². The Balaban J connectivity index is 1.36. The number of piperazine rings is 1. The average molecular weight is 407 g/mol. The predicted octanol–water partition coefficient (Wildman–Crippen LogP) is 1.95. The third-order valence-electron chi connectivity index (χ3n) is 5.36. The number of amides is 2. The summed E-state index contributed by atoms with van der Waals surface area (Å²) < 4.78 is 7.45. The van der Waals surface area contributed by atoms with Crippen LogP contribution in [0.2, 0.25) is 0 Å². The lowest BCUT2D eigenvalue weighted by Crippen LogP contribution is -2.51. The number of hydrogen-bond acceptors (Lipinski definition) is 5. The van der Waals surface area contributed by atoms with Crippen molar-refractivity contribution >= 4 is 22.8 Å². The van der Waals surface area contributed by atoms with Crippen LogP contribution in [0, 0.1) is 13.8 Å². The fourth-order valence-corrected chi connectivity index (χ4v) is 3.79. The number of aryl methyl sites for hydroxylation is 3. The van der Waals surface area contributed by atoms with Gasteiger partial charge in [0.25, 0.3) is 11.8 Å². The fraction of sp³-hybridized carbons (Fsp3) is 0.364. The van der Waals surface area contributed by atoms with Crippen molar-refractivity contribution in [2.24, 2.45) is 7.05 Å². The van der Waals surface area contributed by atoms with Crippen molar-refractivity contribution in [3.63, 3.8) is 0 Å². The Morgan fingerprint density at radius 3 is 2.40 bits per heavy atom. The number of nitrogens with zero attached hydrogens (tertiary/aromatic N) is 5. The molecule has 4 rings (SSSR count). The fourth-order valence-electron chi connectivity index (χ4n) is 3.79. The Kier molecular flexibility index (Phi) is 5.39. The van der Waals surface area contributed by atoms with Crippen LogP contribution < -0.4 is 4.74 Å². The lowest BCUT2D eigenvalue weighted by Gasteiger charge is -2.34. The second-order valence-corrected chi connectivity index (χ2v) is 7.54. The van der Waals surface area contributed by atoms with Gasteiger partial charge in [-0.05, 0) is 37.6 Å². The number of benzene rings is 1. The second-order valence-electron chi connectivity index (χ2n) is 7.54. The van der Waals surface area contributed by atoms with E-state index in [0.29, 0.717) is 37.6 Å². The Bertz CT molecular complexity index is 1090. The zero-order valence-electron chi connectivity index (χ0n) is 17.5. The quantitative estimate of drug-likeness (QED) is 0.660. The third kappa shape index (κ3) is 3.85. The van der Waals surface area contributed by atoms with Gasteiger partial charge in [0.1, 0.15) is 0 Å². The van der Waals surface area contributed by atoms with Crippen molar-refractivity contribution in [2.75, 3.05) is 32.8 Å². The van der Waals surface area contributed by atoms with E-state index >= 15 is 0 Å². The van der Waals surface area contributed by atoms with Gasteiger partial charge in [0.15, 0.2) is 12.3 Å². The van der Waals surface area contributed by atoms with E-state index in [4.69, 9.17) is 4.74 Å². The van der Waals surface area contributed by atoms with E-state index < -0.39 is 0 Å². The van der Waals surface area contributed by atoms with Gasteiger partial charge >= 0.3 is 0 Å². The molecule has 0 aliphatic carbocycles. The standard InChI is InChI=1S/C22H25N5O3/c1-15-13-16(2)23-20-19(15)21(24-25(20)3)30-14-18(28)26-9-11-27(12-10-26)22(29)17-7-5-4-6-8-17/h4-8,13H,9-12,14H2,1-3H3. The highest BCUT2D eigenvalue weighted by Gasteiger charge is 2.25. The van der Waals surface area contributed by atoms with Crippen LogP contribution in [-0.2, 0) is 11.8 Å². The zero-order valence-corrected chi connectivity index (χ0v) is 17.5. The topological polar surface area (TPSA) is 80.6 Å². The summed E-state index contributed by atoms with van der Waals surface area (Å²) in [5.74, 6) is 0.305. The highest BCUT2D eigenvalue weighted by Crippen LogP contribution is 2.27. The number of pyridine rings is 1. The first-order valence-electron chi connectivity index (χ1n) is 10.00. The summed E-state index contributed by atoms with van der Waals surface area (Å²) in [4.78, 5) is 33.2. The van der Waals surface area contributed by atoms with Crippen molar-refractivity contribution in [1.82, 2.24) is 24.6 Å². The molecule has 1 aromatic carbocycles. The molecule has 0 spiro atoms. The Morgan fingerprint density at radius 1 is 1.03 bits per heavy atom. The van der Waals surface area contributed by atoms with E-state index in [9.17, 15) is 9.59 Å². The predicted molar refractivity (Wildman–Crippen MR) is 112 cm³/mol. The Morgan fingerprint density at radius 2 is 1.70 bits per heavy atom. The molecule has 1 aliphatic rings. The molecule has 3 aromatic rings. The molecule has 0 atom stereocenters. The number of fused-ring (bicyclic) bond motifs is 1. The molecule has 0 saturated carbocycles. The van der Waals surface area contributed by atoms with Crippen LogP contribution >= 0.6 is 0 Å². The first-order chi connectivity index (χ1) is 14.4. The highest BCUT2D eigenvalue weighted by molar-refractivity contribution is 5.94. The SMILES string of the molecule is Cc1cc(C)c2c(OCC(=O)N3CCN(C(=O)c4ccccc4)CC3)nn(C)c2n1. The van der Waals surface area contributed by atoms with Crippen LogP contribution in [0.15, 0.2) is 36.4 Å². The van der Waals surface area contributed by atoms with Gasteiger partial charge in [-0.3, -0.25) is 9.59 Å². The van der Waals surface area contributed by atoms with E-state index in [0.717, 1.165) is 22.3 Å². The van der Waals surface area contributed by atoms with Crippen molar-refractivity contribution in [2.45, 2.75) is 13.8 Å². The minimum atomic E-state index is -0.113. The molecule has 1 aliphatic heterocycles. The first-order valence-corrected chi connectivity index (χ1v) is 10.00. The van der Waals surface area contributed by atoms with Gasteiger partial charge in [0, 0.05) is 44.5 Å². The molecular formula is C22H25N5O3. The monoisotopic (exact) mass is 407 g/mol. The third-order valence-corrected chi connectivity index (χ3v) is 5.36. The molecule has 0 unspecified atom stereocenters. The zero-order chi connectivity index (χ0) is 21.3. The van der Waals surface area contributed by atoms with Crippen LogP contribution in [0.1, 0.15) is 21.6 Å². The number of carbonyl (C=O) groups excluding carboxylic acids is 2. The van der Waals surface area contributed by atoms with Crippen LogP contribution in [-0.4, -0.2) is 69.2 Å². The first kappa shape index (κ1) is 19.9. The van der Waals surface area contributed by atoms with Crippen molar-refractivity contribution in [3.05, 3.63) is 53.2 Å². The lowest BCUT2D eigenvalue weighted by molar-refractivity contribution is -0.134. The minimum Gasteiger partial charge on any atom is -0.466 e. The van der Waals surface area contributed by atoms with Crippen LogP contribution in [0.25, 0.3) is 11.0 Å². The number of ether oxygens (including phenoxy) is 1. The molecular weight excluding hydrogens is 382 g/mol. The maximum Gasteiger partial charge on any atom is 0.260 e. The maximum absolute atomic E-state index is 12.6. The molecule has 1 saturated heterocycles. The molecule has 156 valence electrons. The Hall–Kier alpha value is -3.42. The maximum atomic E-state index is 12.6. The van der Waals surface area contributed by atoms with Gasteiger partial charge in [0.05, 0.1) is 5.39 Å². The van der Waals surface area contributed by atoms with Crippen LogP contribution in [0.5, 0.6) is 5.88 Å². The molecule has 1 fully saturated rings. The summed E-state index contributed by atoms with van der Waals surface area (Å²) in [6.45, 7) is 5.82. The number of hydrogen-bond donors (Lipinski definition) is 0. The average Bonchev–Trinajstić information content (AvgIpc) is 3.08. The molecule has 3 heterocycles. The van der Waals surface area contributed by atoms with Gasteiger partial charge in [-0.15, -0.1) is 5.10 Å². The summed E-state index contributed by atoms with van der Waals surface area (Å²) in [6.07, 6.45) is 0. The largest absolute Gasteiger partial charge is 0.466 e. The van der Waals surface area contributed by atoms with Gasteiger partial charge in [-0.2, -0.15) is 0 Å². The van der Waals surface area contributed by atoms with E-state index in [2.05, 4.69) is 10.1 Å². The summed E-state index contributed by atoms with van der Waals surface area (Å²) in [5.41, 5.74) is 3.33. The summed E-state index contributed by atoms with van der Waals surface area (Å²) in [7, 11) is 1.81. The van der Waals surface area contributed by atoms with Crippen molar-refractivity contribution < 1.29 is 14.3 Å². The van der Waals surface area contributed by atoms with E-state index in [1.807, 2.05) is 57.3 Å². The molecule has 8 heteroatoms. The molecule has 2 aromatic heterocycles. The molecule has 8 nitrogen and oxygen atoms in total. The smallest absolute Gasteiger partial charge is 0.260 e. The number of rotatable bonds is 4. The Labute approximate surface area is 175 Å². The normalized spacial score (nSPS) is 14.2. The second kappa shape index (κ2) is 8.14. The summed E-state index contributed by atoms with van der Waals surface area (Å²) in [6, 6.07) is 11.2. The van der Waals surface area contributed by atoms with Gasteiger partial charge in [-0.25, -0.2) is 9.67 Å². The number of aromatic nitrogens is 3. The molecule has 0 N–H and O–H groups in total. The molecule has 30 heavy (non-hydrogen) atoms. The highest BCUT2D eigenvalue weighted by atomic mass is 16.5. The summed E-state index contributed by atoms with van der Waals surface area (Å²) >= 11 is 0. The van der Waals surface area contributed by atoms with Crippen LogP contribution in [0.4, 0.5) is 0 Å². The van der Waals surface area contributed by atoms with E-state index in [-0.39, 0.29) is 18.4 Å². The summed E-state index contributed by atoms with van der Waals surface area (Å²) in [5, 5.41) is 5.21. The number of carbonyl (C=O) groups is 2. The van der Waals surface area contributed by atoms with Gasteiger partial charge < -0.3 is 14.5 Å². The van der Waals surface area contributed by atoms with E-state index in [1.165, 1.54) is 0 Å². The van der Waals surface area contributed by atoms with E-state index in [1.54, 1.807) is 14.5 Å². The molecule has 0 bridgehead atoms. The van der Waals surface area contributed by atoms with Gasteiger partial charge in [-0.1, -0.05) is 18.2 Å².